The topological polar surface area (TPSA) is 87.0 Å². The van der Waals surface area contributed by atoms with Gasteiger partial charge in [-0.05, 0) is 68.9 Å². The van der Waals surface area contributed by atoms with Crippen LogP contribution < -0.4 is 5.32 Å². The van der Waals surface area contributed by atoms with E-state index in [9.17, 15) is 18.8 Å². The third-order valence-electron chi connectivity index (χ3n) is 6.76. The third-order valence-corrected chi connectivity index (χ3v) is 6.76. The van der Waals surface area contributed by atoms with Crippen LogP contribution in [0.4, 0.5) is 4.39 Å². The first kappa shape index (κ1) is 43.3. The molecule has 2 unspecified atom stereocenters. The Labute approximate surface area is 273 Å². The number of ketones is 1. The number of hydrogen-bond donors (Lipinski definition) is 1. The summed E-state index contributed by atoms with van der Waals surface area (Å²) in [5, 5.41) is 11.4. The summed E-state index contributed by atoms with van der Waals surface area (Å²) in [5.74, 6) is -0.488. The molecule has 2 atom stereocenters. The fourth-order valence-corrected chi connectivity index (χ4v) is 4.32. The second-order valence-electron chi connectivity index (χ2n) is 10.8. The van der Waals surface area contributed by atoms with Crippen molar-refractivity contribution in [3.63, 3.8) is 0 Å². The number of Topliss-reactive ketones (excluding diaryl/α,β-unsaturated/α-hetero) is 1. The van der Waals surface area contributed by atoms with Crippen LogP contribution in [0.15, 0.2) is 66.5 Å². The Morgan fingerprint density at radius 2 is 1.64 bits per heavy atom. The Kier molecular flexibility index (Phi) is 26.6. The molecule has 248 valence electrons. The minimum absolute atomic E-state index is 0.0196. The standard InChI is InChI=1S/C12H12O.C9H12N2O2.C7H8.C6H14.C3H5F.C2H6/c1-8-4-3-5-10-6-11(9(2)13)7-12(8)10;10-6-7(2-4-12)5-8-1-3-11-9(8)13;1-7-5-3-2-4-6-7;1-3-5-6-4-2;1-3(2)4;1-2/h3-5,7H,6H2,1-2H3;4,7-8H,1-3,5H2,(H,11,13);2-6H,1H3;3-6H2,1-2H3;1H2,2H3;1-2H3. The van der Waals surface area contributed by atoms with Crippen molar-refractivity contribution in [3.8, 4) is 6.07 Å². The number of rotatable bonds is 8. The van der Waals surface area contributed by atoms with E-state index in [4.69, 9.17) is 5.26 Å². The molecule has 0 aromatic heterocycles. The summed E-state index contributed by atoms with van der Waals surface area (Å²) in [6.45, 7) is 19.2. The number of nitriles is 1. The maximum atomic E-state index is 11.2. The highest BCUT2D eigenvalue weighted by molar-refractivity contribution is 6.00. The largest absolute Gasteiger partial charge is 0.356 e. The molecule has 0 radical (unpaired) electrons. The van der Waals surface area contributed by atoms with Gasteiger partial charge in [0.2, 0.25) is 5.91 Å². The normalized spacial score (nSPS) is 14.0. The number of nitrogens with one attached hydrogen (secondary N) is 1. The molecule has 0 saturated carbocycles. The Morgan fingerprint density at radius 3 is 2.02 bits per heavy atom. The Morgan fingerprint density at radius 1 is 1.07 bits per heavy atom. The number of carbonyl (C=O) groups is 3. The summed E-state index contributed by atoms with van der Waals surface area (Å²) >= 11 is 0. The Balaban J connectivity index is 0. The van der Waals surface area contributed by atoms with Crippen molar-refractivity contribution in [1.29, 1.82) is 5.26 Å². The number of nitrogens with zero attached hydrogens (tertiary/aromatic N) is 1. The number of allylic oxidation sites excluding steroid dienone is 2. The SMILES string of the molecule is C=C(C)F.CC.CC(=O)C1=Cc2c(C)cccc2C1.CCCCCC.Cc1ccccc1.N#CC(CC=O)CC1CCNC1=O. The zero-order valence-electron chi connectivity index (χ0n) is 29.0. The van der Waals surface area contributed by atoms with Crippen molar-refractivity contribution in [2.45, 2.75) is 107 Å². The van der Waals surface area contributed by atoms with Gasteiger partial charge in [-0.2, -0.15) is 5.26 Å². The first-order chi connectivity index (χ1) is 21.5. The number of amides is 1. The highest BCUT2D eigenvalue weighted by atomic mass is 19.1. The number of fused-ring (bicyclic) bond motifs is 1. The van der Waals surface area contributed by atoms with E-state index in [-0.39, 0.29) is 35.8 Å². The molecule has 1 N–H and O–H groups in total. The van der Waals surface area contributed by atoms with Crippen LogP contribution in [-0.2, 0) is 20.8 Å². The first-order valence-corrected chi connectivity index (χ1v) is 16.2. The van der Waals surface area contributed by atoms with Gasteiger partial charge in [-0.15, -0.1) is 0 Å². The van der Waals surface area contributed by atoms with Crippen molar-refractivity contribution >= 4 is 24.1 Å². The van der Waals surface area contributed by atoms with Crippen LogP contribution in [0.25, 0.3) is 6.08 Å². The number of aryl methyl sites for hydroxylation is 2. The van der Waals surface area contributed by atoms with Crippen LogP contribution >= 0.6 is 0 Å². The summed E-state index contributed by atoms with van der Waals surface area (Å²) < 4.78 is 10.8. The van der Waals surface area contributed by atoms with Gasteiger partial charge in [0.15, 0.2) is 5.78 Å². The molecule has 45 heavy (non-hydrogen) atoms. The van der Waals surface area contributed by atoms with Crippen molar-refractivity contribution in [3.05, 3.63) is 88.8 Å². The quantitative estimate of drug-likeness (QED) is 0.235. The van der Waals surface area contributed by atoms with Crippen LogP contribution in [0.1, 0.15) is 109 Å². The third kappa shape index (κ3) is 21.5. The van der Waals surface area contributed by atoms with Gasteiger partial charge in [-0.1, -0.05) is 114 Å². The molecule has 0 spiro atoms. The number of hydrogen-bond acceptors (Lipinski definition) is 4. The molecule has 6 heteroatoms. The molecule has 1 aliphatic carbocycles. The monoisotopic (exact) mass is 620 g/mol. The molecule has 1 fully saturated rings. The van der Waals surface area contributed by atoms with Crippen molar-refractivity contribution in [1.82, 2.24) is 5.32 Å². The van der Waals surface area contributed by atoms with E-state index < -0.39 is 0 Å². The minimum Gasteiger partial charge on any atom is -0.356 e. The number of unbranched alkanes of at least 4 members (excludes halogenated alkanes) is 3. The van der Waals surface area contributed by atoms with E-state index in [0.29, 0.717) is 13.0 Å². The van der Waals surface area contributed by atoms with E-state index >= 15 is 0 Å². The van der Waals surface area contributed by atoms with Crippen LogP contribution in [0.3, 0.4) is 0 Å². The van der Waals surface area contributed by atoms with Gasteiger partial charge in [0.1, 0.15) is 6.29 Å². The lowest BCUT2D eigenvalue weighted by Crippen LogP contribution is -2.20. The van der Waals surface area contributed by atoms with Crippen LogP contribution in [0.2, 0.25) is 0 Å². The van der Waals surface area contributed by atoms with E-state index in [0.717, 1.165) is 24.7 Å². The fourth-order valence-electron chi connectivity index (χ4n) is 4.32. The molecule has 1 saturated heterocycles. The predicted octanol–water partition coefficient (Wildman–Crippen LogP) is 9.86. The van der Waals surface area contributed by atoms with E-state index in [1.54, 1.807) is 6.92 Å². The molecule has 0 bridgehead atoms. The summed E-state index contributed by atoms with van der Waals surface area (Å²) in [4.78, 5) is 32.5. The lowest BCUT2D eigenvalue weighted by molar-refractivity contribution is -0.123. The Bertz CT molecular complexity index is 1190. The van der Waals surface area contributed by atoms with E-state index in [2.05, 4.69) is 63.9 Å². The van der Waals surface area contributed by atoms with Crippen LogP contribution in [0.5, 0.6) is 0 Å². The summed E-state index contributed by atoms with van der Waals surface area (Å²) in [7, 11) is 0. The smallest absolute Gasteiger partial charge is 0.223 e. The second-order valence-corrected chi connectivity index (χ2v) is 10.8. The maximum Gasteiger partial charge on any atom is 0.223 e. The highest BCUT2D eigenvalue weighted by Crippen LogP contribution is 2.27. The van der Waals surface area contributed by atoms with Gasteiger partial charge in [-0.3, -0.25) is 9.59 Å². The van der Waals surface area contributed by atoms with Crippen molar-refractivity contribution < 1.29 is 18.8 Å². The molecular formula is C39H57FN2O3. The van der Waals surface area contributed by atoms with Crippen molar-refractivity contribution in [2.24, 2.45) is 11.8 Å². The number of aldehydes is 1. The zero-order chi connectivity index (χ0) is 34.6. The van der Waals surface area contributed by atoms with Gasteiger partial charge < -0.3 is 10.1 Å². The zero-order valence-corrected chi connectivity index (χ0v) is 29.0. The second kappa shape index (κ2) is 27.7. The lowest BCUT2D eigenvalue weighted by Gasteiger charge is -2.08. The van der Waals surface area contributed by atoms with Crippen LogP contribution in [0, 0.1) is 37.0 Å². The first-order valence-electron chi connectivity index (χ1n) is 16.2. The summed E-state index contributed by atoms with van der Waals surface area (Å²) in [5.41, 5.74) is 6.04. The number of benzene rings is 2. The van der Waals surface area contributed by atoms with E-state index in [1.807, 2.05) is 50.3 Å². The van der Waals surface area contributed by atoms with Gasteiger partial charge in [0.05, 0.1) is 17.8 Å². The molecule has 2 aliphatic rings. The van der Waals surface area contributed by atoms with Gasteiger partial charge in [-0.25, -0.2) is 4.39 Å². The lowest BCUT2D eigenvalue weighted by atomic mass is 9.92. The maximum absolute atomic E-state index is 11.2. The molecule has 1 aliphatic heterocycles. The average Bonchev–Trinajstić information content (AvgIpc) is 3.65. The molecule has 5 nitrogen and oxygen atoms in total. The molecular weight excluding hydrogens is 563 g/mol. The van der Waals surface area contributed by atoms with Crippen molar-refractivity contribution in [2.75, 3.05) is 6.54 Å². The Hall–Kier alpha value is -3.85. The van der Waals surface area contributed by atoms with Crippen LogP contribution in [-0.4, -0.2) is 24.5 Å². The molecule has 1 heterocycles. The number of halogens is 1. The molecule has 2 aromatic carbocycles. The number of carbonyl (C=O) groups excluding carboxylic acids is 3. The summed E-state index contributed by atoms with van der Waals surface area (Å²) in [6, 6.07) is 18.5. The fraction of sp³-hybridized carbons (Fsp3) is 0.487. The molecule has 1 amide bonds. The van der Waals surface area contributed by atoms with E-state index in [1.165, 1.54) is 54.9 Å². The predicted molar refractivity (Wildman–Crippen MR) is 187 cm³/mol. The van der Waals surface area contributed by atoms with Gasteiger partial charge >= 0.3 is 0 Å². The van der Waals surface area contributed by atoms with Gasteiger partial charge in [0, 0.05) is 25.3 Å². The van der Waals surface area contributed by atoms with Gasteiger partial charge in [0.25, 0.3) is 0 Å². The molecule has 2 aromatic rings. The molecule has 4 rings (SSSR count). The average molecular weight is 621 g/mol. The summed E-state index contributed by atoms with van der Waals surface area (Å²) in [6.07, 6.45) is 10.6. The highest BCUT2D eigenvalue weighted by Gasteiger charge is 2.26. The minimum atomic E-state index is -0.333.